The fraction of sp³-hybridized carbons (Fsp3) is 0.700. The van der Waals surface area contributed by atoms with E-state index in [1.54, 1.807) is 14.2 Å². The number of anilines is 2. The summed E-state index contributed by atoms with van der Waals surface area (Å²) < 4.78 is 11.0. The van der Waals surface area contributed by atoms with Gasteiger partial charge in [0.1, 0.15) is 0 Å². The topological polar surface area (TPSA) is 120 Å². The quantitative estimate of drug-likeness (QED) is 0.249. The number of unbranched alkanes of at least 4 members (excludes halogenated alkanes) is 9. The predicted molar refractivity (Wildman–Crippen MR) is 131 cm³/mol. The zero-order valence-electron chi connectivity index (χ0n) is 18.7. The third-order valence-corrected chi connectivity index (χ3v) is 5.42. The van der Waals surface area contributed by atoms with Gasteiger partial charge in [-0.3, -0.25) is 0 Å². The minimum absolute atomic E-state index is 0.308. The van der Waals surface area contributed by atoms with Crippen LogP contribution in [0.2, 0.25) is 0 Å². The summed E-state index contributed by atoms with van der Waals surface area (Å²) in [5.41, 5.74) is 0. The van der Waals surface area contributed by atoms with Crippen molar-refractivity contribution in [3.05, 3.63) is 9.47 Å². The molecule has 0 radical (unpaired) electrons. The van der Waals surface area contributed by atoms with Gasteiger partial charge in [-0.25, -0.2) is 0 Å². The Hall–Kier alpha value is -1.82. The summed E-state index contributed by atoms with van der Waals surface area (Å²) in [4.78, 5) is 24.7. The molecule has 0 unspecified atom stereocenters. The molecule has 2 aromatic rings. The number of halogens is 2. The van der Waals surface area contributed by atoms with Gasteiger partial charge in [-0.05, 0) is 44.7 Å². The first-order chi connectivity index (χ1) is 15.6. The maximum atomic E-state index is 5.04. The van der Waals surface area contributed by atoms with Gasteiger partial charge in [-0.15, -0.1) is 0 Å². The van der Waals surface area contributed by atoms with E-state index in [1.165, 1.54) is 51.4 Å². The third-order valence-electron chi connectivity index (χ3n) is 4.71. The highest BCUT2D eigenvalue weighted by atomic mass is 79.9. The fourth-order valence-electron chi connectivity index (χ4n) is 3.07. The zero-order chi connectivity index (χ0) is 23.0. The van der Waals surface area contributed by atoms with Crippen LogP contribution in [0.1, 0.15) is 64.2 Å². The molecule has 0 aliphatic heterocycles. The van der Waals surface area contributed by atoms with Crippen LogP contribution in [-0.4, -0.2) is 57.2 Å². The van der Waals surface area contributed by atoms with Gasteiger partial charge >= 0.3 is 12.0 Å². The lowest BCUT2D eigenvalue weighted by Crippen LogP contribution is -2.07. The maximum Gasteiger partial charge on any atom is 0.321 e. The number of nitrogens with zero attached hydrogens (tertiary/aromatic N) is 6. The van der Waals surface area contributed by atoms with E-state index in [0.717, 1.165) is 25.9 Å². The molecule has 0 atom stereocenters. The summed E-state index contributed by atoms with van der Waals surface area (Å²) in [6, 6.07) is 0.615. The van der Waals surface area contributed by atoms with Gasteiger partial charge in [0, 0.05) is 13.1 Å². The molecule has 178 valence electrons. The minimum Gasteiger partial charge on any atom is -0.467 e. The van der Waals surface area contributed by atoms with Crippen molar-refractivity contribution in [3.63, 3.8) is 0 Å². The van der Waals surface area contributed by atoms with Crippen LogP contribution in [0.4, 0.5) is 11.9 Å². The Labute approximate surface area is 206 Å². The molecular weight excluding hydrogens is 544 g/mol. The second kappa shape index (κ2) is 15.9. The Morgan fingerprint density at radius 2 is 0.875 bits per heavy atom. The molecule has 0 aromatic carbocycles. The molecule has 0 aliphatic rings. The first-order valence-corrected chi connectivity index (χ1v) is 12.6. The van der Waals surface area contributed by atoms with Crippen LogP contribution in [0.5, 0.6) is 12.0 Å². The Morgan fingerprint density at radius 3 is 1.22 bits per heavy atom. The van der Waals surface area contributed by atoms with Crippen LogP contribution >= 0.6 is 31.9 Å². The van der Waals surface area contributed by atoms with E-state index in [0.29, 0.717) is 33.4 Å². The predicted octanol–water partition coefficient (Wildman–Crippen LogP) is 5.02. The van der Waals surface area contributed by atoms with E-state index in [1.807, 2.05) is 0 Å². The number of ether oxygens (including phenoxy) is 2. The van der Waals surface area contributed by atoms with E-state index < -0.39 is 0 Å². The Morgan fingerprint density at radius 1 is 0.531 bits per heavy atom. The second-order valence-electron chi connectivity index (χ2n) is 7.22. The molecule has 0 saturated carbocycles. The molecule has 12 heteroatoms. The van der Waals surface area contributed by atoms with Crippen molar-refractivity contribution in [2.75, 3.05) is 37.9 Å². The summed E-state index contributed by atoms with van der Waals surface area (Å²) in [7, 11) is 3.08. The molecule has 0 amide bonds. The van der Waals surface area contributed by atoms with Gasteiger partial charge in [0.25, 0.3) is 0 Å². The van der Waals surface area contributed by atoms with E-state index in [-0.39, 0.29) is 0 Å². The minimum atomic E-state index is 0.308. The number of aromatic nitrogens is 6. The first-order valence-electron chi connectivity index (χ1n) is 11.0. The van der Waals surface area contributed by atoms with Crippen molar-refractivity contribution >= 4 is 43.8 Å². The summed E-state index contributed by atoms with van der Waals surface area (Å²) in [6.45, 7) is 1.70. The maximum absolute atomic E-state index is 5.04. The number of rotatable bonds is 17. The molecule has 0 saturated heterocycles. The average molecular weight is 576 g/mol. The Bertz CT molecular complexity index is 735. The monoisotopic (exact) mass is 574 g/mol. The number of hydrogen-bond donors (Lipinski definition) is 2. The highest BCUT2D eigenvalue weighted by molar-refractivity contribution is 9.10. The van der Waals surface area contributed by atoms with Gasteiger partial charge in [-0.1, -0.05) is 51.4 Å². The summed E-state index contributed by atoms with van der Waals surface area (Å²) >= 11 is 6.51. The Balaban J connectivity index is 1.38. The highest BCUT2D eigenvalue weighted by Gasteiger charge is 2.05. The molecule has 10 nitrogen and oxygen atoms in total. The van der Waals surface area contributed by atoms with Crippen molar-refractivity contribution in [2.24, 2.45) is 0 Å². The zero-order valence-corrected chi connectivity index (χ0v) is 21.9. The van der Waals surface area contributed by atoms with Crippen LogP contribution in [0.15, 0.2) is 9.47 Å². The number of nitrogens with one attached hydrogen (secondary N) is 2. The van der Waals surface area contributed by atoms with Crippen LogP contribution in [0.25, 0.3) is 0 Å². The van der Waals surface area contributed by atoms with Crippen LogP contribution in [-0.2, 0) is 0 Å². The molecule has 2 aromatic heterocycles. The second-order valence-corrected chi connectivity index (χ2v) is 8.64. The third kappa shape index (κ3) is 11.2. The smallest absolute Gasteiger partial charge is 0.321 e. The molecule has 0 bridgehead atoms. The van der Waals surface area contributed by atoms with Crippen LogP contribution in [0, 0.1) is 0 Å². The van der Waals surface area contributed by atoms with Crippen molar-refractivity contribution in [1.82, 2.24) is 29.9 Å². The van der Waals surface area contributed by atoms with Gasteiger partial charge < -0.3 is 20.1 Å². The van der Waals surface area contributed by atoms with Crippen LogP contribution in [0.3, 0.4) is 0 Å². The molecule has 2 heterocycles. The molecule has 0 spiro atoms. The molecule has 2 rings (SSSR count). The molecule has 0 fully saturated rings. The molecule has 32 heavy (non-hydrogen) atoms. The lowest BCUT2D eigenvalue weighted by atomic mass is 10.1. The van der Waals surface area contributed by atoms with E-state index in [9.17, 15) is 0 Å². The largest absolute Gasteiger partial charge is 0.467 e. The normalized spacial score (nSPS) is 10.8. The Kier molecular flexibility index (Phi) is 13.1. The highest BCUT2D eigenvalue weighted by Crippen LogP contribution is 2.14. The summed E-state index contributed by atoms with van der Waals surface area (Å²) in [5.74, 6) is 1.08. The standard InChI is InChI=1S/C20H32Br2N8O2/c1-31-19-27-15(21)25-17(29-19)23-13-11-9-7-5-3-4-6-8-10-12-14-24-18-26-16(22)28-20(30-18)32-2/h3-14H2,1-2H3,(H,23,25,27,29)(H,24,26,28,30). The average Bonchev–Trinajstić information content (AvgIpc) is 2.78. The van der Waals surface area contributed by atoms with E-state index >= 15 is 0 Å². The van der Waals surface area contributed by atoms with Crippen molar-refractivity contribution in [2.45, 2.75) is 64.2 Å². The van der Waals surface area contributed by atoms with E-state index in [4.69, 9.17) is 9.47 Å². The summed E-state index contributed by atoms with van der Waals surface area (Å²) in [6.07, 6.45) is 12.3. The van der Waals surface area contributed by atoms with Crippen LogP contribution < -0.4 is 20.1 Å². The van der Waals surface area contributed by atoms with E-state index in [2.05, 4.69) is 72.4 Å². The molecule has 0 aliphatic carbocycles. The fourth-order valence-corrected chi connectivity index (χ4v) is 3.71. The van der Waals surface area contributed by atoms with Gasteiger partial charge in [0.05, 0.1) is 14.2 Å². The van der Waals surface area contributed by atoms with Crippen molar-refractivity contribution in [3.8, 4) is 12.0 Å². The number of hydrogen-bond acceptors (Lipinski definition) is 10. The lowest BCUT2D eigenvalue weighted by molar-refractivity contribution is 0.377. The van der Waals surface area contributed by atoms with Gasteiger partial charge in [0.15, 0.2) is 0 Å². The number of methoxy groups -OCH3 is 2. The van der Waals surface area contributed by atoms with Crippen molar-refractivity contribution in [1.29, 1.82) is 0 Å². The first kappa shape index (κ1) is 26.4. The van der Waals surface area contributed by atoms with Gasteiger partial charge in [0.2, 0.25) is 21.4 Å². The van der Waals surface area contributed by atoms with Crippen molar-refractivity contribution < 1.29 is 9.47 Å². The lowest BCUT2D eigenvalue weighted by Gasteiger charge is -2.07. The SMILES string of the molecule is COc1nc(Br)nc(NCCCCCCCCCCCCNc2nc(Br)nc(OC)n2)n1. The molecular formula is C20H32Br2N8O2. The molecule has 2 N–H and O–H groups in total. The summed E-state index contributed by atoms with van der Waals surface area (Å²) in [5, 5.41) is 6.44. The van der Waals surface area contributed by atoms with Gasteiger partial charge in [-0.2, -0.15) is 29.9 Å².